The van der Waals surface area contributed by atoms with Gasteiger partial charge in [-0.1, -0.05) is 24.3 Å². The van der Waals surface area contributed by atoms with Gasteiger partial charge in [-0.25, -0.2) is 14.0 Å². The number of aromatic nitrogens is 2. The number of alkyl halides is 1. The van der Waals surface area contributed by atoms with Crippen molar-refractivity contribution >= 4 is 28.9 Å². The van der Waals surface area contributed by atoms with Gasteiger partial charge in [0, 0.05) is 25.9 Å². The molecule has 2 aromatic carbocycles. The van der Waals surface area contributed by atoms with Crippen molar-refractivity contribution in [2.45, 2.75) is 70.3 Å². The number of benzene rings is 2. The molecule has 0 bridgehead atoms. The van der Waals surface area contributed by atoms with Crippen molar-refractivity contribution in [2.75, 3.05) is 20.2 Å². The second-order valence-electron chi connectivity index (χ2n) is 12.0. The van der Waals surface area contributed by atoms with E-state index in [1.54, 1.807) is 77.4 Å². The van der Waals surface area contributed by atoms with Crippen molar-refractivity contribution in [3.8, 4) is 5.75 Å². The van der Waals surface area contributed by atoms with Crippen LogP contribution < -0.4 is 10.4 Å². The number of hydrogen-bond acceptors (Lipinski definition) is 6. The highest BCUT2D eigenvalue weighted by atomic mass is 19.1. The molecule has 3 aromatic rings. The number of nitrogens with zero attached hydrogens (tertiary/aromatic N) is 4. The van der Waals surface area contributed by atoms with E-state index in [4.69, 9.17) is 9.47 Å². The number of hydrogen-bond donors (Lipinski definition) is 0. The molecule has 3 amide bonds. The van der Waals surface area contributed by atoms with Crippen LogP contribution in [-0.2, 0) is 27.9 Å². The lowest BCUT2D eigenvalue weighted by Crippen LogP contribution is -2.47. The fraction of sp³-hybridized carbons (Fsp3) is 0.484. The molecule has 3 heterocycles. The average Bonchev–Trinajstić information content (AvgIpc) is 3.20. The third kappa shape index (κ3) is 5.52. The lowest BCUT2D eigenvalue weighted by Gasteiger charge is -2.36. The molecule has 11 heteroatoms. The van der Waals surface area contributed by atoms with Crippen LogP contribution in [0.3, 0.4) is 0 Å². The van der Waals surface area contributed by atoms with E-state index in [2.05, 4.69) is 0 Å². The van der Waals surface area contributed by atoms with Gasteiger partial charge < -0.3 is 14.4 Å². The number of imide groups is 1. The van der Waals surface area contributed by atoms with Gasteiger partial charge in [0.05, 0.1) is 31.2 Å². The third-order valence-electron chi connectivity index (χ3n) is 8.02. The first kappa shape index (κ1) is 29.3. The van der Waals surface area contributed by atoms with Crippen LogP contribution in [0.15, 0.2) is 47.3 Å². The summed E-state index contributed by atoms with van der Waals surface area (Å²) in [5, 5.41) is 0. The number of amides is 3. The molecule has 2 saturated heterocycles. The molecule has 3 atom stereocenters. The minimum Gasteiger partial charge on any atom is -0.497 e. The summed E-state index contributed by atoms with van der Waals surface area (Å²) in [5.41, 5.74) is 1.38. The standard InChI is InChI=1S/C31H37FN4O6/c1-31(2,3)42-30(40)34-16-15-21(23(32)18-34)22-7-6-8-24-27(22)33(4)29(39)36(24)25-13-14-26(37)35(28(25)38)17-19-9-11-20(41-5)12-10-19/h6-12,21,23,25H,13-18H2,1-5H3/t21-,23+,25?/m1/s1. The molecule has 2 aliphatic heterocycles. The zero-order valence-corrected chi connectivity index (χ0v) is 24.6. The number of likely N-dealkylation sites (tertiary alicyclic amines) is 2. The Kier molecular flexibility index (Phi) is 7.87. The van der Waals surface area contributed by atoms with E-state index in [1.165, 1.54) is 18.9 Å². The van der Waals surface area contributed by atoms with Gasteiger partial charge >= 0.3 is 11.8 Å². The fourth-order valence-corrected chi connectivity index (χ4v) is 5.96. The summed E-state index contributed by atoms with van der Waals surface area (Å²) in [6.45, 7) is 5.58. The van der Waals surface area contributed by atoms with Crippen LogP contribution in [0.25, 0.3) is 11.0 Å². The number of fused-ring (bicyclic) bond motifs is 1. The summed E-state index contributed by atoms with van der Waals surface area (Å²) in [5.74, 6) is -0.629. The van der Waals surface area contributed by atoms with Crippen LogP contribution in [0.2, 0.25) is 0 Å². The summed E-state index contributed by atoms with van der Waals surface area (Å²) >= 11 is 0. The highest BCUT2D eigenvalue weighted by Crippen LogP contribution is 2.36. The van der Waals surface area contributed by atoms with Crippen LogP contribution in [-0.4, -0.2) is 68.8 Å². The molecule has 0 aliphatic carbocycles. The first-order valence-electron chi connectivity index (χ1n) is 14.2. The first-order valence-corrected chi connectivity index (χ1v) is 14.2. The van der Waals surface area contributed by atoms with Gasteiger partial charge in [-0.3, -0.25) is 23.6 Å². The van der Waals surface area contributed by atoms with E-state index in [0.717, 1.165) is 5.56 Å². The topological polar surface area (TPSA) is 103 Å². The lowest BCUT2D eigenvalue weighted by molar-refractivity contribution is -0.151. The van der Waals surface area contributed by atoms with E-state index in [9.17, 15) is 19.2 Å². The molecular weight excluding hydrogens is 543 g/mol. The number of halogens is 1. The van der Waals surface area contributed by atoms with Gasteiger partial charge in [0.1, 0.15) is 23.6 Å². The number of imidazole rings is 1. The molecule has 10 nitrogen and oxygen atoms in total. The maximum Gasteiger partial charge on any atom is 0.410 e. The van der Waals surface area contributed by atoms with Crippen molar-refractivity contribution < 1.29 is 28.2 Å². The Balaban J connectivity index is 1.43. The summed E-state index contributed by atoms with van der Waals surface area (Å²) in [6, 6.07) is 11.5. The highest BCUT2D eigenvalue weighted by molar-refractivity contribution is 6.00. The second kappa shape index (κ2) is 11.3. The number of ether oxygens (including phenoxy) is 2. The Labute approximate surface area is 243 Å². The van der Waals surface area contributed by atoms with Crippen LogP contribution in [0.1, 0.15) is 63.1 Å². The average molecular weight is 581 g/mol. The molecule has 2 aliphatic rings. The summed E-state index contributed by atoms with van der Waals surface area (Å²) < 4.78 is 29.2. The Hall–Kier alpha value is -4.15. The van der Waals surface area contributed by atoms with Gasteiger partial charge in [-0.05, 0) is 62.9 Å². The maximum absolute atomic E-state index is 15.7. The predicted molar refractivity (Wildman–Crippen MR) is 154 cm³/mol. The van der Waals surface area contributed by atoms with Crippen LogP contribution >= 0.6 is 0 Å². The molecule has 42 heavy (non-hydrogen) atoms. The number of carbonyl (C=O) groups excluding carboxylic acids is 3. The second-order valence-corrected chi connectivity index (χ2v) is 12.0. The predicted octanol–water partition coefficient (Wildman–Crippen LogP) is 4.30. The number of aryl methyl sites for hydroxylation is 1. The number of para-hydroxylation sites is 1. The Morgan fingerprint density at radius 2 is 1.76 bits per heavy atom. The van der Waals surface area contributed by atoms with Crippen molar-refractivity contribution in [1.82, 2.24) is 18.9 Å². The van der Waals surface area contributed by atoms with Crippen molar-refractivity contribution in [3.05, 3.63) is 64.1 Å². The molecule has 0 N–H and O–H groups in total. The summed E-state index contributed by atoms with van der Waals surface area (Å²) in [7, 11) is 3.17. The zero-order chi connectivity index (χ0) is 30.3. The maximum atomic E-state index is 15.7. The summed E-state index contributed by atoms with van der Waals surface area (Å²) in [4.78, 5) is 55.3. The number of piperidine rings is 2. The molecular formula is C31H37FN4O6. The van der Waals surface area contributed by atoms with Gasteiger partial charge in [-0.15, -0.1) is 0 Å². The number of carbonyl (C=O) groups is 3. The molecule has 224 valence electrons. The third-order valence-corrected chi connectivity index (χ3v) is 8.02. The molecule has 0 spiro atoms. The number of methoxy groups -OCH3 is 1. The van der Waals surface area contributed by atoms with Crippen LogP contribution in [0, 0.1) is 0 Å². The Morgan fingerprint density at radius 1 is 1.05 bits per heavy atom. The van der Waals surface area contributed by atoms with Crippen molar-refractivity contribution in [1.29, 1.82) is 0 Å². The normalized spacial score (nSPS) is 21.6. The number of rotatable bonds is 5. The summed E-state index contributed by atoms with van der Waals surface area (Å²) in [6.07, 6.45) is -1.26. The van der Waals surface area contributed by atoms with E-state index in [0.29, 0.717) is 35.3 Å². The lowest BCUT2D eigenvalue weighted by atomic mass is 9.87. The van der Waals surface area contributed by atoms with Gasteiger partial charge in [0.2, 0.25) is 5.91 Å². The van der Waals surface area contributed by atoms with Gasteiger partial charge in [-0.2, -0.15) is 0 Å². The molecule has 1 unspecified atom stereocenters. The minimum atomic E-state index is -1.37. The molecule has 5 rings (SSSR count). The first-order chi connectivity index (χ1) is 19.9. The van der Waals surface area contributed by atoms with Crippen molar-refractivity contribution in [2.24, 2.45) is 7.05 Å². The van der Waals surface area contributed by atoms with E-state index >= 15 is 4.39 Å². The van der Waals surface area contributed by atoms with E-state index < -0.39 is 41.4 Å². The van der Waals surface area contributed by atoms with Crippen LogP contribution in [0.5, 0.6) is 5.75 Å². The fourth-order valence-electron chi connectivity index (χ4n) is 5.96. The van der Waals surface area contributed by atoms with Crippen molar-refractivity contribution in [3.63, 3.8) is 0 Å². The molecule has 1 aromatic heterocycles. The van der Waals surface area contributed by atoms with E-state index in [1.807, 2.05) is 0 Å². The Morgan fingerprint density at radius 3 is 2.40 bits per heavy atom. The largest absolute Gasteiger partial charge is 0.497 e. The van der Waals surface area contributed by atoms with Gasteiger partial charge in [0.15, 0.2) is 0 Å². The Bertz CT molecular complexity index is 1570. The zero-order valence-electron chi connectivity index (χ0n) is 24.6. The molecule has 0 saturated carbocycles. The van der Waals surface area contributed by atoms with Gasteiger partial charge in [0.25, 0.3) is 5.91 Å². The quantitative estimate of drug-likeness (QED) is 0.417. The monoisotopic (exact) mass is 580 g/mol. The highest BCUT2D eigenvalue weighted by Gasteiger charge is 2.39. The molecule has 2 fully saturated rings. The smallest absolute Gasteiger partial charge is 0.410 e. The molecule has 0 radical (unpaired) electrons. The van der Waals surface area contributed by atoms with E-state index in [-0.39, 0.29) is 31.8 Å². The minimum absolute atomic E-state index is 0.0860. The SMILES string of the molecule is COc1ccc(CN2C(=O)CCC(n3c(=O)n(C)c4c([C@H]5CCN(C(=O)OC(C)(C)C)C[C@@H]5F)cccc43)C2=O)cc1. The van der Waals surface area contributed by atoms with Crippen LogP contribution in [0.4, 0.5) is 9.18 Å².